The molecule has 0 amide bonds. The van der Waals surface area contributed by atoms with Crippen LogP contribution in [-0.2, 0) is 14.0 Å². The Morgan fingerprint density at radius 1 is 1.17 bits per heavy atom. The number of hydrogen-bond donors (Lipinski definition) is 2. The molecule has 72 valence electrons. The molecule has 0 heterocycles. The van der Waals surface area contributed by atoms with E-state index in [2.05, 4.69) is 4.65 Å². The molecule has 0 aromatic rings. The van der Waals surface area contributed by atoms with Crippen molar-refractivity contribution in [3.8, 4) is 0 Å². The van der Waals surface area contributed by atoms with Crippen molar-refractivity contribution in [2.75, 3.05) is 33.0 Å². The average Bonchev–Trinajstić information content (AvgIpc) is 2.05. The lowest BCUT2D eigenvalue weighted by molar-refractivity contribution is 0.0511. The molecular weight excluding hydrogens is 163 g/mol. The van der Waals surface area contributed by atoms with Crippen LogP contribution in [0, 0.1) is 0 Å². The molecule has 2 N–H and O–H groups in total. The summed E-state index contributed by atoms with van der Waals surface area (Å²) >= 11 is 0. The summed E-state index contributed by atoms with van der Waals surface area (Å²) in [6.45, 7) is 3.03. The molecule has 0 aliphatic rings. The van der Waals surface area contributed by atoms with Gasteiger partial charge in [0, 0.05) is 6.61 Å². The van der Waals surface area contributed by atoms with Crippen molar-refractivity contribution < 1.29 is 24.2 Å². The Labute approximate surface area is 72.4 Å². The third-order valence-corrected chi connectivity index (χ3v) is 1.03. The molecule has 0 fully saturated rings. The van der Waals surface area contributed by atoms with Crippen molar-refractivity contribution in [2.24, 2.45) is 0 Å². The van der Waals surface area contributed by atoms with Gasteiger partial charge in [-0.15, -0.1) is 0 Å². The fraction of sp³-hybridized carbons (Fsp3) is 1.00. The maximum absolute atomic E-state index is 8.86. The highest BCUT2D eigenvalue weighted by atomic mass is 16.7. The Bertz CT molecular complexity index is 92.0. The first kappa shape index (κ1) is 11.9. The van der Waals surface area contributed by atoms with Crippen LogP contribution in [0.2, 0.25) is 0 Å². The summed E-state index contributed by atoms with van der Waals surface area (Å²) in [7, 11) is -1.17. The van der Waals surface area contributed by atoms with Crippen molar-refractivity contribution >= 4 is 7.32 Å². The summed E-state index contributed by atoms with van der Waals surface area (Å²) in [6, 6.07) is 0. The topological polar surface area (TPSA) is 68.2 Å². The van der Waals surface area contributed by atoms with Gasteiger partial charge in [-0.3, -0.25) is 0 Å². The van der Waals surface area contributed by atoms with E-state index < -0.39 is 7.32 Å². The number of ether oxygens (including phenoxy) is 1. The van der Waals surface area contributed by atoms with Gasteiger partial charge in [-0.2, -0.15) is 0 Å². The molecule has 0 unspecified atom stereocenters. The second-order valence-corrected chi connectivity index (χ2v) is 1.97. The largest absolute Gasteiger partial charge is 0.636 e. The van der Waals surface area contributed by atoms with Crippen molar-refractivity contribution in [1.29, 1.82) is 0 Å². The molecule has 0 aromatic carbocycles. The second-order valence-electron chi connectivity index (χ2n) is 1.97. The standard InChI is InChI=1S/C6H15BO5/c1-2-11-7(9)12-6-5-10-4-3-8/h8-9H,2-6H2,1H3. The van der Waals surface area contributed by atoms with Crippen LogP contribution >= 0.6 is 0 Å². The first-order chi connectivity index (χ1) is 5.81. The van der Waals surface area contributed by atoms with E-state index in [1.807, 2.05) is 0 Å². The predicted octanol–water partition coefficient (Wildman–Crippen LogP) is -0.974. The van der Waals surface area contributed by atoms with Crippen LogP contribution in [0.1, 0.15) is 6.92 Å². The van der Waals surface area contributed by atoms with Crippen LogP contribution in [0.3, 0.4) is 0 Å². The molecular formula is C6H15BO5. The quantitative estimate of drug-likeness (QED) is 0.369. The summed E-state index contributed by atoms with van der Waals surface area (Å²) in [5.74, 6) is 0. The van der Waals surface area contributed by atoms with Crippen LogP contribution < -0.4 is 0 Å². The lowest BCUT2D eigenvalue weighted by Crippen LogP contribution is -2.24. The summed E-state index contributed by atoms with van der Waals surface area (Å²) in [5.41, 5.74) is 0. The van der Waals surface area contributed by atoms with Crippen LogP contribution in [0.5, 0.6) is 0 Å². The van der Waals surface area contributed by atoms with Crippen molar-refractivity contribution in [3.63, 3.8) is 0 Å². The van der Waals surface area contributed by atoms with E-state index in [0.29, 0.717) is 13.2 Å². The number of aliphatic hydroxyl groups excluding tert-OH is 1. The van der Waals surface area contributed by atoms with Gasteiger partial charge in [0.2, 0.25) is 0 Å². The van der Waals surface area contributed by atoms with Gasteiger partial charge in [-0.1, -0.05) is 0 Å². The lowest BCUT2D eigenvalue weighted by Gasteiger charge is -2.06. The van der Waals surface area contributed by atoms with E-state index >= 15 is 0 Å². The maximum atomic E-state index is 8.86. The van der Waals surface area contributed by atoms with E-state index in [4.69, 9.17) is 19.5 Å². The number of hydrogen-bond acceptors (Lipinski definition) is 5. The monoisotopic (exact) mass is 178 g/mol. The van der Waals surface area contributed by atoms with Crippen molar-refractivity contribution in [3.05, 3.63) is 0 Å². The molecule has 6 heteroatoms. The zero-order valence-corrected chi connectivity index (χ0v) is 7.23. The Kier molecular flexibility index (Phi) is 8.86. The van der Waals surface area contributed by atoms with Gasteiger partial charge >= 0.3 is 7.32 Å². The molecule has 5 nitrogen and oxygen atoms in total. The van der Waals surface area contributed by atoms with Gasteiger partial charge in [0.05, 0.1) is 26.4 Å². The highest BCUT2D eigenvalue weighted by Gasteiger charge is 2.12. The minimum absolute atomic E-state index is 0.00594. The van der Waals surface area contributed by atoms with Gasteiger partial charge in [-0.05, 0) is 6.92 Å². The molecule has 0 saturated carbocycles. The molecule has 0 radical (unpaired) electrons. The molecule has 0 rings (SSSR count). The van der Waals surface area contributed by atoms with Crippen molar-refractivity contribution in [1.82, 2.24) is 0 Å². The minimum Gasteiger partial charge on any atom is -0.402 e. The Morgan fingerprint density at radius 2 is 1.92 bits per heavy atom. The molecule has 0 bridgehead atoms. The van der Waals surface area contributed by atoms with Crippen LogP contribution in [0.25, 0.3) is 0 Å². The molecule has 0 aliphatic heterocycles. The predicted molar refractivity (Wildman–Crippen MR) is 43.5 cm³/mol. The Hall–Kier alpha value is -0.135. The summed E-state index contributed by atoms with van der Waals surface area (Å²) < 4.78 is 14.3. The van der Waals surface area contributed by atoms with Gasteiger partial charge in [0.1, 0.15) is 0 Å². The van der Waals surface area contributed by atoms with E-state index in [1.54, 1.807) is 6.92 Å². The van der Waals surface area contributed by atoms with Gasteiger partial charge in [0.25, 0.3) is 0 Å². The zero-order chi connectivity index (χ0) is 9.23. The van der Waals surface area contributed by atoms with E-state index in [1.165, 1.54) is 0 Å². The summed E-state index contributed by atoms with van der Waals surface area (Å²) in [4.78, 5) is 0. The molecule has 12 heavy (non-hydrogen) atoms. The fourth-order valence-corrected chi connectivity index (χ4v) is 0.565. The Balaban J connectivity index is 2.97. The first-order valence-electron chi connectivity index (χ1n) is 3.91. The molecule has 0 saturated heterocycles. The van der Waals surface area contributed by atoms with Crippen LogP contribution in [0.4, 0.5) is 0 Å². The number of rotatable bonds is 8. The number of aliphatic hydroxyl groups is 1. The van der Waals surface area contributed by atoms with Gasteiger partial charge in [0.15, 0.2) is 0 Å². The summed E-state index contributed by atoms with van der Waals surface area (Å²) in [6.07, 6.45) is 0. The van der Waals surface area contributed by atoms with Gasteiger partial charge < -0.3 is 24.2 Å². The van der Waals surface area contributed by atoms with E-state index in [0.717, 1.165) is 0 Å². The van der Waals surface area contributed by atoms with Crippen LogP contribution in [0.15, 0.2) is 0 Å². The Morgan fingerprint density at radius 3 is 2.50 bits per heavy atom. The minimum atomic E-state index is -1.17. The average molecular weight is 178 g/mol. The first-order valence-corrected chi connectivity index (χ1v) is 3.91. The fourth-order valence-electron chi connectivity index (χ4n) is 0.565. The lowest BCUT2D eigenvalue weighted by atomic mass is 10.2. The highest BCUT2D eigenvalue weighted by Crippen LogP contribution is 1.84. The highest BCUT2D eigenvalue weighted by molar-refractivity contribution is 6.34. The smallest absolute Gasteiger partial charge is 0.402 e. The normalized spacial score (nSPS) is 10.2. The van der Waals surface area contributed by atoms with Crippen LogP contribution in [-0.4, -0.2) is 50.5 Å². The maximum Gasteiger partial charge on any atom is 0.636 e. The van der Waals surface area contributed by atoms with E-state index in [9.17, 15) is 0 Å². The molecule has 0 atom stereocenters. The molecule has 0 aromatic heterocycles. The molecule has 0 aliphatic carbocycles. The third kappa shape index (κ3) is 7.97. The van der Waals surface area contributed by atoms with Crippen molar-refractivity contribution in [2.45, 2.75) is 6.92 Å². The SMILES string of the molecule is CCOB(O)OCCOCCO. The van der Waals surface area contributed by atoms with Gasteiger partial charge in [-0.25, -0.2) is 0 Å². The summed E-state index contributed by atoms with van der Waals surface area (Å²) in [5, 5.41) is 17.2. The zero-order valence-electron chi connectivity index (χ0n) is 7.23. The second kappa shape index (κ2) is 8.96. The van der Waals surface area contributed by atoms with E-state index in [-0.39, 0.29) is 19.8 Å². The third-order valence-electron chi connectivity index (χ3n) is 1.03. The molecule has 0 spiro atoms.